The summed E-state index contributed by atoms with van der Waals surface area (Å²) in [6.07, 6.45) is 3.28. The molecule has 0 saturated carbocycles. The molecule has 0 amide bonds. The van der Waals surface area contributed by atoms with Crippen molar-refractivity contribution >= 4 is 0 Å². The van der Waals surface area contributed by atoms with E-state index in [9.17, 15) is 0 Å². The smallest absolute Gasteiger partial charge is 0.00393 e. The molecule has 78 valence electrons. The minimum absolute atomic E-state index is 0.357. The van der Waals surface area contributed by atoms with Crippen LogP contribution in [0.2, 0.25) is 0 Å². The zero-order valence-corrected chi connectivity index (χ0v) is 9.51. The first kappa shape index (κ1) is 11.3. The van der Waals surface area contributed by atoms with Crippen molar-refractivity contribution in [3.05, 3.63) is 34.9 Å². The van der Waals surface area contributed by atoms with Crippen LogP contribution in [0.25, 0.3) is 0 Å². The third-order valence-corrected chi connectivity index (χ3v) is 2.81. The predicted molar refractivity (Wildman–Crippen MR) is 62.5 cm³/mol. The van der Waals surface area contributed by atoms with Crippen LogP contribution in [0.15, 0.2) is 18.2 Å². The van der Waals surface area contributed by atoms with Gasteiger partial charge in [0.05, 0.1) is 0 Å². The van der Waals surface area contributed by atoms with Crippen molar-refractivity contribution in [1.29, 1.82) is 0 Å². The molecule has 1 rings (SSSR count). The summed E-state index contributed by atoms with van der Waals surface area (Å²) in [5.74, 6) is 0. The number of hydrogen-bond donors (Lipinski definition) is 1. The summed E-state index contributed by atoms with van der Waals surface area (Å²) < 4.78 is 0. The van der Waals surface area contributed by atoms with Crippen molar-refractivity contribution in [2.24, 2.45) is 5.73 Å². The fourth-order valence-electron chi connectivity index (χ4n) is 1.67. The van der Waals surface area contributed by atoms with Crippen LogP contribution in [-0.2, 0) is 6.42 Å². The van der Waals surface area contributed by atoms with Gasteiger partial charge in [0.25, 0.3) is 0 Å². The molecule has 0 aromatic heterocycles. The van der Waals surface area contributed by atoms with E-state index in [-0.39, 0.29) is 0 Å². The molecule has 1 aromatic rings. The van der Waals surface area contributed by atoms with E-state index in [1.807, 2.05) is 0 Å². The maximum Gasteiger partial charge on any atom is 0.00393 e. The highest BCUT2D eigenvalue weighted by Gasteiger charge is 2.02. The summed E-state index contributed by atoms with van der Waals surface area (Å²) in [5, 5.41) is 0. The molecule has 2 N–H and O–H groups in total. The Morgan fingerprint density at radius 2 is 2.00 bits per heavy atom. The first-order valence-corrected chi connectivity index (χ1v) is 5.45. The van der Waals surface area contributed by atoms with E-state index in [0.717, 1.165) is 19.3 Å². The van der Waals surface area contributed by atoms with E-state index in [1.165, 1.54) is 16.7 Å². The fourth-order valence-corrected chi connectivity index (χ4v) is 1.67. The standard InChI is InChI=1S/C13H21N/c1-4-13(14)8-7-12-6-5-10(2)9-11(12)3/h5-6,9,13H,4,7-8,14H2,1-3H3. The van der Waals surface area contributed by atoms with Crippen LogP contribution in [0.4, 0.5) is 0 Å². The van der Waals surface area contributed by atoms with E-state index < -0.39 is 0 Å². The quantitative estimate of drug-likeness (QED) is 0.778. The summed E-state index contributed by atoms with van der Waals surface area (Å²) in [6, 6.07) is 7.01. The third-order valence-electron chi connectivity index (χ3n) is 2.81. The Morgan fingerprint density at radius 1 is 1.29 bits per heavy atom. The zero-order chi connectivity index (χ0) is 10.6. The van der Waals surface area contributed by atoms with Gasteiger partial charge in [-0.2, -0.15) is 0 Å². The third kappa shape index (κ3) is 3.15. The molecule has 0 aliphatic heterocycles. The van der Waals surface area contributed by atoms with Gasteiger partial charge in [-0.25, -0.2) is 0 Å². The molecule has 0 heterocycles. The van der Waals surface area contributed by atoms with E-state index in [4.69, 9.17) is 5.73 Å². The predicted octanol–water partition coefficient (Wildman–Crippen LogP) is 2.97. The van der Waals surface area contributed by atoms with E-state index in [1.54, 1.807) is 0 Å². The molecule has 1 atom stereocenters. The zero-order valence-electron chi connectivity index (χ0n) is 9.51. The molecular formula is C13H21N. The van der Waals surface area contributed by atoms with Crippen LogP contribution in [-0.4, -0.2) is 6.04 Å². The van der Waals surface area contributed by atoms with Gasteiger partial charge >= 0.3 is 0 Å². The Labute approximate surface area is 87.3 Å². The van der Waals surface area contributed by atoms with Gasteiger partial charge in [0.15, 0.2) is 0 Å². The summed E-state index contributed by atoms with van der Waals surface area (Å²) in [6.45, 7) is 6.46. The molecule has 0 bridgehead atoms. The molecule has 0 saturated heterocycles. The van der Waals surface area contributed by atoms with E-state index in [0.29, 0.717) is 6.04 Å². The highest BCUT2D eigenvalue weighted by Crippen LogP contribution is 2.13. The second-order valence-corrected chi connectivity index (χ2v) is 4.14. The first-order valence-electron chi connectivity index (χ1n) is 5.45. The Balaban J connectivity index is 2.59. The lowest BCUT2D eigenvalue weighted by Gasteiger charge is -2.10. The van der Waals surface area contributed by atoms with Gasteiger partial charge in [-0.3, -0.25) is 0 Å². The van der Waals surface area contributed by atoms with Gasteiger partial charge in [0.2, 0.25) is 0 Å². The van der Waals surface area contributed by atoms with Crippen LogP contribution in [0.5, 0.6) is 0 Å². The maximum atomic E-state index is 5.90. The van der Waals surface area contributed by atoms with Crippen molar-refractivity contribution in [2.45, 2.75) is 46.1 Å². The highest BCUT2D eigenvalue weighted by molar-refractivity contribution is 5.30. The number of nitrogens with two attached hydrogens (primary N) is 1. The Hall–Kier alpha value is -0.820. The lowest BCUT2D eigenvalue weighted by molar-refractivity contribution is 0.595. The number of benzene rings is 1. The minimum atomic E-state index is 0.357. The molecule has 1 aromatic carbocycles. The molecular weight excluding hydrogens is 170 g/mol. The van der Waals surface area contributed by atoms with Crippen LogP contribution >= 0.6 is 0 Å². The van der Waals surface area contributed by atoms with Gasteiger partial charge in [-0.1, -0.05) is 30.7 Å². The minimum Gasteiger partial charge on any atom is -0.328 e. The number of rotatable bonds is 4. The van der Waals surface area contributed by atoms with Crippen molar-refractivity contribution < 1.29 is 0 Å². The topological polar surface area (TPSA) is 26.0 Å². The average molecular weight is 191 g/mol. The summed E-state index contributed by atoms with van der Waals surface area (Å²) in [4.78, 5) is 0. The van der Waals surface area contributed by atoms with Crippen molar-refractivity contribution in [2.75, 3.05) is 0 Å². The second kappa shape index (κ2) is 5.16. The van der Waals surface area contributed by atoms with Crippen LogP contribution in [0, 0.1) is 13.8 Å². The monoisotopic (exact) mass is 191 g/mol. The van der Waals surface area contributed by atoms with Crippen LogP contribution in [0.1, 0.15) is 36.5 Å². The van der Waals surface area contributed by atoms with Gasteiger partial charge in [-0.15, -0.1) is 0 Å². The van der Waals surface area contributed by atoms with E-state index in [2.05, 4.69) is 39.0 Å². The highest BCUT2D eigenvalue weighted by atomic mass is 14.6. The average Bonchev–Trinajstić information content (AvgIpc) is 2.16. The Morgan fingerprint density at radius 3 is 2.57 bits per heavy atom. The van der Waals surface area contributed by atoms with E-state index >= 15 is 0 Å². The lowest BCUT2D eigenvalue weighted by atomic mass is 9.99. The largest absolute Gasteiger partial charge is 0.328 e. The molecule has 1 unspecified atom stereocenters. The van der Waals surface area contributed by atoms with Crippen molar-refractivity contribution in [1.82, 2.24) is 0 Å². The molecule has 1 heteroatoms. The molecule has 0 spiro atoms. The number of hydrogen-bond acceptors (Lipinski definition) is 1. The molecule has 14 heavy (non-hydrogen) atoms. The van der Waals surface area contributed by atoms with Crippen molar-refractivity contribution in [3.63, 3.8) is 0 Å². The molecule has 0 aliphatic carbocycles. The molecule has 1 nitrogen and oxygen atoms in total. The van der Waals surface area contributed by atoms with Gasteiger partial charge in [0.1, 0.15) is 0 Å². The molecule has 0 aliphatic rings. The molecule has 0 radical (unpaired) electrons. The van der Waals surface area contributed by atoms with Gasteiger partial charge < -0.3 is 5.73 Å². The SMILES string of the molecule is CCC(N)CCc1ccc(C)cc1C. The fraction of sp³-hybridized carbons (Fsp3) is 0.538. The number of aryl methyl sites for hydroxylation is 3. The van der Waals surface area contributed by atoms with Gasteiger partial charge in [0, 0.05) is 6.04 Å². The summed E-state index contributed by atoms with van der Waals surface area (Å²) >= 11 is 0. The second-order valence-electron chi connectivity index (χ2n) is 4.14. The Kier molecular flexibility index (Phi) is 4.15. The lowest BCUT2D eigenvalue weighted by Crippen LogP contribution is -2.19. The van der Waals surface area contributed by atoms with Gasteiger partial charge in [-0.05, 0) is 44.2 Å². The maximum absolute atomic E-state index is 5.90. The first-order chi connectivity index (χ1) is 6.63. The van der Waals surface area contributed by atoms with Crippen LogP contribution in [0.3, 0.4) is 0 Å². The molecule has 0 fully saturated rings. The summed E-state index contributed by atoms with van der Waals surface area (Å²) in [5.41, 5.74) is 10.1. The Bertz CT molecular complexity index is 291. The summed E-state index contributed by atoms with van der Waals surface area (Å²) in [7, 11) is 0. The van der Waals surface area contributed by atoms with Crippen molar-refractivity contribution in [3.8, 4) is 0 Å². The normalized spacial score (nSPS) is 12.9. The van der Waals surface area contributed by atoms with Crippen LogP contribution < -0.4 is 5.73 Å².